The molecule has 2 aromatic heterocycles. The molecule has 1 amide bonds. The van der Waals surface area contributed by atoms with Gasteiger partial charge in [0.1, 0.15) is 0 Å². The monoisotopic (exact) mass is 466 g/mol. The maximum absolute atomic E-state index is 13.0. The van der Waals surface area contributed by atoms with Crippen molar-refractivity contribution in [2.45, 2.75) is 26.2 Å². The van der Waals surface area contributed by atoms with E-state index in [2.05, 4.69) is 10.4 Å². The van der Waals surface area contributed by atoms with Crippen LogP contribution < -0.4 is 10.9 Å². The first-order chi connectivity index (χ1) is 16.2. The number of amides is 1. The van der Waals surface area contributed by atoms with Crippen LogP contribution in [0.4, 0.5) is 13.2 Å². The second-order valence-corrected chi connectivity index (χ2v) is 7.77. The SMILES string of the molecule is Cc1c(C(=O)NCc2ccc(Cn3ccccc3=O)cc2)cnn1-c1cccc(C(F)(F)F)c1. The van der Waals surface area contributed by atoms with Gasteiger partial charge in [-0.3, -0.25) is 9.59 Å². The number of alkyl halides is 3. The zero-order valence-corrected chi connectivity index (χ0v) is 18.2. The molecule has 0 saturated heterocycles. The Kier molecular flexibility index (Phi) is 6.36. The van der Waals surface area contributed by atoms with Crippen LogP contribution >= 0.6 is 0 Å². The molecule has 2 aromatic carbocycles. The molecule has 9 heteroatoms. The van der Waals surface area contributed by atoms with Gasteiger partial charge in [-0.1, -0.05) is 36.4 Å². The molecule has 0 fully saturated rings. The Labute approximate surface area is 193 Å². The second kappa shape index (κ2) is 9.38. The molecular weight excluding hydrogens is 445 g/mol. The Morgan fingerprint density at radius 2 is 1.74 bits per heavy atom. The van der Waals surface area contributed by atoms with E-state index in [0.717, 1.165) is 23.3 Å². The fourth-order valence-electron chi connectivity index (χ4n) is 3.53. The summed E-state index contributed by atoms with van der Waals surface area (Å²) >= 11 is 0. The number of nitrogens with zero attached hydrogens (tertiary/aromatic N) is 3. The van der Waals surface area contributed by atoms with Gasteiger partial charge in [0.05, 0.1) is 35.2 Å². The van der Waals surface area contributed by atoms with Crippen LogP contribution in [0.5, 0.6) is 0 Å². The molecule has 0 aliphatic carbocycles. The number of nitrogens with one attached hydrogen (secondary N) is 1. The lowest BCUT2D eigenvalue weighted by Gasteiger charge is -2.10. The van der Waals surface area contributed by atoms with Crippen molar-refractivity contribution in [1.29, 1.82) is 0 Å². The molecule has 0 atom stereocenters. The van der Waals surface area contributed by atoms with Crippen LogP contribution in [-0.2, 0) is 19.3 Å². The minimum atomic E-state index is -4.47. The predicted octanol–water partition coefficient (Wildman–Crippen LogP) is 4.34. The minimum absolute atomic E-state index is 0.0834. The van der Waals surface area contributed by atoms with Crippen molar-refractivity contribution in [3.8, 4) is 5.69 Å². The average molecular weight is 466 g/mol. The van der Waals surface area contributed by atoms with Crippen molar-refractivity contribution in [2.75, 3.05) is 0 Å². The summed E-state index contributed by atoms with van der Waals surface area (Å²) < 4.78 is 42.0. The van der Waals surface area contributed by atoms with E-state index in [9.17, 15) is 22.8 Å². The summed E-state index contributed by atoms with van der Waals surface area (Å²) in [7, 11) is 0. The van der Waals surface area contributed by atoms with Gasteiger partial charge in [-0.15, -0.1) is 0 Å². The first kappa shape index (κ1) is 23.0. The van der Waals surface area contributed by atoms with Gasteiger partial charge in [0.2, 0.25) is 0 Å². The lowest BCUT2D eigenvalue weighted by Crippen LogP contribution is -2.23. The Balaban J connectivity index is 1.42. The maximum Gasteiger partial charge on any atom is 0.416 e. The predicted molar refractivity (Wildman–Crippen MR) is 121 cm³/mol. The van der Waals surface area contributed by atoms with E-state index in [1.54, 1.807) is 29.8 Å². The van der Waals surface area contributed by atoms with Crippen LogP contribution in [0.2, 0.25) is 0 Å². The van der Waals surface area contributed by atoms with Crippen LogP contribution in [0.1, 0.15) is 32.7 Å². The van der Waals surface area contributed by atoms with Crippen LogP contribution in [0, 0.1) is 6.92 Å². The van der Waals surface area contributed by atoms with Gasteiger partial charge < -0.3 is 9.88 Å². The highest BCUT2D eigenvalue weighted by molar-refractivity contribution is 5.95. The van der Waals surface area contributed by atoms with E-state index >= 15 is 0 Å². The molecule has 0 aliphatic heterocycles. The molecule has 0 unspecified atom stereocenters. The van der Waals surface area contributed by atoms with E-state index in [1.165, 1.54) is 29.1 Å². The van der Waals surface area contributed by atoms with Crippen LogP contribution in [-0.4, -0.2) is 20.3 Å². The molecule has 4 rings (SSSR count). The number of carbonyl (C=O) groups excluding carboxylic acids is 1. The molecule has 0 saturated carbocycles. The molecule has 6 nitrogen and oxygen atoms in total. The van der Waals surface area contributed by atoms with Crippen molar-refractivity contribution in [3.63, 3.8) is 0 Å². The van der Waals surface area contributed by atoms with Crippen LogP contribution in [0.3, 0.4) is 0 Å². The third kappa shape index (κ3) is 5.09. The smallest absolute Gasteiger partial charge is 0.348 e. The van der Waals surface area contributed by atoms with Gasteiger partial charge >= 0.3 is 6.18 Å². The highest BCUT2D eigenvalue weighted by atomic mass is 19.4. The number of hydrogen-bond donors (Lipinski definition) is 1. The van der Waals surface area contributed by atoms with Gasteiger partial charge in [0, 0.05) is 18.8 Å². The molecule has 0 radical (unpaired) electrons. The summed E-state index contributed by atoms with van der Waals surface area (Å²) in [6.45, 7) is 2.33. The Hall–Kier alpha value is -4.14. The normalized spacial score (nSPS) is 11.4. The number of benzene rings is 2. The zero-order valence-electron chi connectivity index (χ0n) is 18.2. The summed E-state index contributed by atoms with van der Waals surface area (Å²) in [6.07, 6.45) is -1.41. The first-order valence-corrected chi connectivity index (χ1v) is 10.5. The van der Waals surface area contributed by atoms with E-state index in [-0.39, 0.29) is 29.3 Å². The highest BCUT2D eigenvalue weighted by Crippen LogP contribution is 2.30. The van der Waals surface area contributed by atoms with Crippen molar-refractivity contribution >= 4 is 5.91 Å². The van der Waals surface area contributed by atoms with Crippen LogP contribution in [0.25, 0.3) is 5.69 Å². The summed E-state index contributed by atoms with van der Waals surface area (Å²) in [5.41, 5.74) is 1.87. The molecule has 0 spiro atoms. The molecule has 0 bridgehead atoms. The van der Waals surface area contributed by atoms with E-state index < -0.39 is 11.7 Å². The summed E-state index contributed by atoms with van der Waals surface area (Å²) in [6, 6.07) is 17.3. The fraction of sp³-hybridized carbons (Fsp3) is 0.160. The minimum Gasteiger partial charge on any atom is -0.348 e. The number of halogens is 3. The largest absolute Gasteiger partial charge is 0.416 e. The van der Waals surface area contributed by atoms with Crippen molar-refractivity contribution < 1.29 is 18.0 Å². The molecular formula is C25H21F3N4O2. The molecule has 4 aromatic rings. The standard InChI is InChI=1S/C25H21F3N4O2/c1-17-22(15-30-32(17)21-6-4-5-20(13-21)25(26,27)28)24(34)29-14-18-8-10-19(11-9-18)16-31-12-3-2-7-23(31)33/h2-13,15H,14,16H2,1H3,(H,29,34). The second-order valence-electron chi connectivity index (χ2n) is 7.77. The average Bonchev–Trinajstić information content (AvgIpc) is 3.21. The molecule has 0 aliphatic rings. The van der Waals surface area contributed by atoms with Gasteiger partial charge in [-0.05, 0) is 42.3 Å². The Bertz CT molecular complexity index is 1370. The highest BCUT2D eigenvalue weighted by Gasteiger charge is 2.30. The van der Waals surface area contributed by atoms with Crippen molar-refractivity contribution in [1.82, 2.24) is 19.7 Å². The number of hydrogen-bond acceptors (Lipinski definition) is 3. The first-order valence-electron chi connectivity index (χ1n) is 10.5. The van der Waals surface area contributed by atoms with Gasteiger partial charge in [-0.2, -0.15) is 18.3 Å². The number of aromatic nitrogens is 3. The van der Waals surface area contributed by atoms with Crippen LogP contribution in [0.15, 0.2) is 83.9 Å². The number of rotatable bonds is 6. The van der Waals surface area contributed by atoms with Crippen molar-refractivity contribution in [3.05, 3.63) is 117 Å². The third-order valence-electron chi connectivity index (χ3n) is 5.40. The van der Waals surface area contributed by atoms with E-state index in [1.807, 2.05) is 24.3 Å². The zero-order chi connectivity index (χ0) is 24.3. The quantitative estimate of drug-likeness (QED) is 0.460. The fourth-order valence-corrected chi connectivity index (χ4v) is 3.53. The van der Waals surface area contributed by atoms with Gasteiger partial charge in [0.25, 0.3) is 11.5 Å². The van der Waals surface area contributed by atoms with E-state index in [4.69, 9.17) is 0 Å². The Morgan fingerprint density at radius 3 is 2.44 bits per heavy atom. The summed E-state index contributed by atoms with van der Waals surface area (Å²) in [5, 5.41) is 6.91. The number of pyridine rings is 1. The lowest BCUT2D eigenvalue weighted by molar-refractivity contribution is -0.137. The van der Waals surface area contributed by atoms with E-state index in [0.29, 0.717) is 12.2 Å². The molecule has 34 heavy (non-hydrogen) atoms. The third-order valence-corrected chi connectivity index (χ3v) is 5.40. The topological polar surface area (TPSA) is 68.9 Å². The number of carbonyl (C=O) groups is 1. The van der Waals surface area contributed by atoms with Crippen molar-refractivity contribution in [2.24, 2.45) is 0 Å². The summed E-state index contributed by atoms with van der Waals surface area (Å²) in [4.78, 5) is 24.5. The van der Waals surface area contributed by atoms with Gasteiger partial charge in [0.15, 0.2) is 0 Å². The lowest BCUT2D eigenvalue weighted by atomic mass is 10.1. The summed E-state index contributed by atoms with van der Waals surface area (Å²) in [5.74, 6) is -0.379. The maximum atomic E-state index is 13.0. The molecule has 1 N–H and O–H groups in total. The molecule has 2 heterocycles. The Morgan fingerprint density at radius 1 is 1.00 bits per heavy atom. The molecule has 174 valence electrons. The van der Waals surface area contributed by atoms with Gasteiger partial charge in [-0.25, -0.2) is 4.68 Å².